The van der Waals surface area contributed by atoms with Crippen LogP contribution in [0.5, 0.6) is 11.5 Å². The van der Waals surface area contributed by atoms with E-state index in [1.807, 2.05) is 13.8 Å². The van der Waals surface area contributed by atoms with Gasteiger partial charge in [0.2, 0.25) is 24.5 Å². The summed E-state index contributed by atoms with van der Waals surface area (Å²) in [5.41, 5.74) is 0.568. The van der Waals surface area contributed by atoms with Crippen LogP contribution in [0.2, 0.25) is 0 Å². The maximum absolute atomic E-state index is 13.4. The molecule has 2 fully saturated rings. The van der Waals surface area contributed by atoms with Crippen molar-refractivity contribution >= 4 is 23.4 Å². The lowest BCUT2D eigenvalue weighted by Crippen LogP contribution is -2.68. The molecule has 0 bridgehead atoms. The van der Waals surface area contributed by atoms with Gasteiger partial charge in [-0.15, -0.1) is 0 Å². The van der Waals surface area contributed by atoms with Crippen LogP contribution in [0.15, 0.2) is 18.2 Å². The molecule has 2 aliphatic heterocycles. The van der Waals surface area contributed by atoms with Gasteiger partial charge in [-0.1, -0.05) is 26.7 Å². The quantitative estimate of drug-likeness (QED) is 0.725. The third kappa shape index (κ3) is 4.34. The van der Waals surface area contributed by atoms with Crippen LogP contribution in [0, 0.1) is 5.92 Å². The zero-order valence-corrected chi connectivity index (χ0v) is 18.2. The first-order valence-electron chi connectivity index (χ1n) is 11.3. The molecule has 2 N–H and O–H groups in total. The van der Waals surface area contributed by atoms with Gasteiger partial charge in [0.1, 0.15) is 6.04 Å². The fraction of sp³-hybridized carbons (Fsp3) is 0.609. The van der Waals surface area contributed by atoms with Gasteiger partial charge in [-0.2, -0.15) is 0 Å². The minimum Gasteiger partial charge on any atom is -0.454 e. The fourth-order valence-corrected chi connectivity index (χ4v) is 4.97. The molecule has 1 aliphatic carbocycles. The lowest BCUT2D eigenvalue weighted by atomic mass is 9.84. The number of carbonyl (C=O) groups excluding carboxylic acids is 3. The highest BCUT2D eigenvalue weighted by atomic mass is 16.7. The average Bonchev–Trinajstić information content (AvgIpc) is 3.23. The highest BCUT2D eigenvalue weighted by molar-refractivity contribution is 5.98. The molecule has 3 atom stereocenters. The second-order valence-corrected chi connectivity index (χ2v) is 8.56. The molecule has 1 aromatic rings. The van der Waals surface area contributed by atoms with Crippen molar-refractivity contribution in [2.75, 3.05) is 12.1 Å². The van der Waals surface area contributed by atoms with Crippen molar-refractivity contribution in [2.45, 2.75) is 76.9 Å². The summed E-state index contributed by atoms with van der Waals surface area (Å²) >= 11 is 0. The van der Waals surface area contributed by atoms with Gasteiger partial charge >= 0.3 is 0 Å². The molecule has 31 heavy (non-hydrogen) atoms. The Morgan fingerprint density at radius 3 is 2.68 bits per heavy atom. The van der Waals surface area contributed by atoms with Crippen LogP contribution in [0.4, 0.5) is 5.69 Å². The average molecular weight is 430 g/mol. The zero-order chi connectivity index (χ0) is 22.0. The van der Waals surface area contributed by atoms with Crippen LogP contribution in [0.3, 0.4) is 0 Å². The van der Waals surface area contributed by atoms with Crippen LogP contribution < -0.4 is 20.1 Å². The smallest absolute Gasteiger partial charge is 0.243 e. The molecule has 8 nitrogen and oxygen atoms in total. The van der Waals surface area contributed by atoms with Crippen molar-refractivity contribution in [3.63, 3.8) is 0 Å². The molecule has 8 heteroatoms. The number of rotatable bonds is 6. The third-order valence-electron chi connectivity index (χ3n) is 6.68. The highest BCUT2D eigenvalue weighted by Gasteiger charge is 2.46. The molecular weight excluding hydrogens is 398 g/mol. The standard InChI is InChI=1S/C23H31N3O5/c1-3-14(4-2)23(29)26-17-8-6-5-7-16(17)25-22(28)18(26)12-21(27)24-15-9-10-19-20(11-15)31-13-30-19/h9-11,14,16-18H,3-8,12-13H2,1-2H3,(H,24,27)(H,25,28)/t16-,17+,18-/m1/s1. The monoisotopic (exact) mass is 429 g/mol. The molecule has 1 aromatic carbocycles. The van der Waals surface area contributed by atoms with Gasteiger partial charge in [0.25, 0.3) is 0 Å². The summed E-state index contributed by atoms with van der Waals surface area (Å²) in [5.74, 6) is 0.531. The van der Waals surface area contributed by atoms with E-state index in [2.05, 4.69) is 10.6 Å². The highest BCUT2D eigenvalue weighted by Crippen LogP contribution is 2.35. The Balaban J connectivity index is 1.52. The summed E-state index contributed by atoms with van der Waals surface area (Å²) in [5, 5.41) is 5.92. The Morgan fingerprint density at radius 2 is 1.90 bits per heavy atom. The Labute approximate surface area is 182 Å². The van der Waals surface area contributed by atoms with Gasteiger partial charge in [0.15, 0.2) is 11.5 Å². The Bertz CT molecular complexity index is 854. The van der Waals surface area contributed by atoms with E-state index in [4.69, 9.17) is 9.47 Å². The molecular formula is C23H31N3O5. The Kier molecular flexibility index (Phi) is 6.34. The SMILES string of the molecule is CCC(CC)C(=O)N1[C@H](CC(=O)Nc2ccc3c(c2)OCO3)C(=O)N[C@@H]2CCCC[C@@H]21. The molecule has 0 aromatic heterocycles. The van der Waals surface area contributed by atoms with Gasteiger partial charge in [-0.05, 0) is 37.8 Å². The Morgan fingerprint density at radius 1 is 1.16 bits per heavy atom. The van der Waals surface area contributed by atoms with Crippen molar-refractivity contribution in [3.8, 4) is 11.5 Å². The number of piperazine rings is 1. The van der Waals surface area contributed by atoms with Gasteiger partial charge in [0, 0.05) is 23.7 Å². The van der Waals surface area contributed by atoms with Crippen molar-refractivity contribution < 1.29 is 23.9 Å². The second-order valence-electron chi connectivity index (χ2n) is 8.56. The second kappa shape index (κ2) is 9.16. The molecule has 0 spiro atoms. The molecule has 168 valence electrons. The molecule has 3 aliphatic rings. The molecule has 2 heterocycles. The number of anilines is 1. The summed E-state index contributed by atoms with van der Waals surface area (Å²) in [4.78, 5) is 41.0. The first-order valence-corrected chi connectivity index (χ1v) is 11.3. The number of ether oxygens (including phenoxy) is 2. The van der Waals surface area contributed by atoms with Gasteiger partial charge in [-0.25, -0.2) is 0 Å². The molecule has 4 rings (SSSR count). The lowest BCUT2D eigenvalue weighted by molar-refractivity contribution is -0.154. The predicted molar refractivity (Wildman–Crippen MR) is 115 cm³/mol. The molecule has 1 saturated heterocycles. The zero-order valence-electron chi connectivity index (χ0n) is 18.2. The van der Waals surface area contributed by atoms with Gasteiger partial charge in [0.05, 0.1) is 12.5 Å². The summed E-state index contributed by atoms with van der Waals surface area (Å²) in [6.45, 7) is 4.15. The molecule has 0 radical (unpaired) electrons. The number of fused-ring (bicyclic) bond motifs is 2. The van der Waals surface area contributed by atoms with E-state index in [0.29, 0.717) is 17.2 Å². The van der Waals surface area contributed by atoms with Crippen LogP contribution >= 0.6 is 0 Å². The number of nitrogens with zero attached hydrogens (tertiary/aromatic N) is 1. The molecule has 0 unspecified atom stereocenters. The maximum Gasteiger partial charge on any atom is 0.243 e. The van der Waals surface area contributed by atoms with E-state index in [-0.39, 0.29) is 48.9 Å². The predicted octanol–water partition coefficient (Wildman–Crippen LogP) is 2.82. The van der Waals surface area contributed by atoms with Crippen molar-refractivity contribution in [2.24, 2.45) is 5.92 Å². The van der Waals surface area contributed by atoms with Crippen LogP contribution in [0.25, 0.3) is 0 Å². The van der Waals surface area contributed by atoms with E-state index in [9.17, 15) is 14.4 Å². The summed E-state index contributed by atoms with van der Waals surface area (Å²) in [6.07, 6.45) is 5.18. The van der Waals surface area contributed by atoms with Crippen molar-refractivity contribution in [1.29, 1.82) is 0 Å². The minimum atomic E-state index is -0.790. The van der Waals surface area contributed by atoms with E-state index in [1.54, 1.807) is 23.1 Å². The summed E-state index contributed by atoms with van der Waals surface area (Å²) < 4.78 is 10.7. The van der Waals surface area contributed by atoms with Crippen molar-refractivity contribution in [1.82, 2.24) is 10.2 Å². The van der Waals surface area contributed by atoms with E-state index < -0.39 is 6.04 Å². The normalized spacial score (nSPS) is 24.5. The fourth-order valence-electron chi connectivity index (χ4n) is 4.97. The largest absolute Gasteiger partial charge is 0.454 e. The summed E-state index contributed by atoms with van der Waals surface area (Å²) in [7, 11) is 0. The summed E-state index contributed by atoms with van der Waals surface area (Å²) in [6, 6.07) is 4.32. The lowest BCUT2D eigenvalue weighted by Gasteiger charge is -2.49. The first kappa shape index (κ1) is 21.5. The number of hydrogen-bond donors (Lipinski definition) is 2. The minimum absolute atomic E-state index is 0.00219. The van der Waals surface area contributed by atoms with Gasteiger partial charge < -0.3 is 25.0 Å². The third-order valence-corrected chi connectivity index (χ3v) is 6.68. The van der Waals surface area contributed by atoms with E-state index in [1.165, 1.54) is 0 Å². The van der Waals surface area contributed by atoms with E-state index in [0.717, 1.165) is 38.5 Å². The van der Waals surface area contributed by atoms with Crippen LogP contribution in [-0.2, 0) is 14.4 Å². The van der Waals surface area contributed by atoms with Crippen molar-refractivity contribution in [3.05, 3.63) is 18.2 Å². The Hall–Kier alpha value is -2.77. The maximum atomic E-state index is 13.4. The van der Waals surface area contributed by atoms with E-state index >= 15 is 0 Å². The topological polar surface area (TPSA) is 97.0 Å². The number of carbonyl (C=O) groups is 3. The number of amides is 3. The molecule has 3 amide bonds. The van der Waals surface area contributed by atoms with Crippen LogP contribution in [0.1, 0.15) is 58.8 Å². The molecule has 1 saturated carbocycles. The number of hydrogen-bond acceptors (Lipinski definition) is 5. The van der Waals surface area contributed by atoms with Crippen LogP contribution in [-0.4, -0.2) is 47.5 Å². The number of nitrogens with one attached hydrogen (secondary N) is 2. The first-order chi connectivity index (χ1) is 15.0. The number of benzene rings is 1. The van der Waals surface area contributed by atoms with Gasteiger partial charge in [-0.3, -0.25) is 14.4 Å².